The Balaban J connectivity index is 2.04. The highest BCUT2D eigenvalue weighted by Crippen LogP contribution is 2.24. The Morgan fingerprint density at radius 3 is 2.04 bits per heavy atom. The lowest BCUT2D eigenvalue weighted by Gasteiger charge is -2.07. The predicted molar refractivity (Wildman–Crippen MR) is 88.6 cm³/mol. The van der Waals surface area contributed by atoms with Crippen LogP contribution in [0, 0.1) is 11.6 Å². The first-order valence-electron chi connectivity index (χ1n) is 7.58. The summed E-state index contributed by atoms with van der Waals surface area (Å²) in [6, 6.07) is 9.42. The normalized spacial score (nSPS) is 11.8. The lowest BCUT2D eigenvalue weighted by molar-refractivity contribution is -0.0546. The summed E-state index contributed by atoms with van der Waals surface area (Å²) in [5.41, 5.74) is 2.09. The molecule has 0 unspecified atom stereocenters. The first-order chi connectivity index (χ1) is 12.0. The van der Waals surface area contributed by atoms with Crippen LogP contribution in [0.3, 0.4) is 0 Å². The van der Waals surface area contributed by atoms with E-state index in [0.29, 0.717) is 0 Å². The van der Waals surface area contributed by atoms with E-state index in [-0.39, 0.29) is 5.56 Å². The van der Waals surface area contributed by atoms with Crippen molar-refractivity contribution in [1.82, 2.24) is 0 Å². The summed E-state index contributed by atoms with van der Waals surface area (Å²) in [4.78, 5) is 0. The Bertz CT molecular complexity index is 735. The molecule has 0 N–H and O–H groups in total. The van der Waals surface area contributed by atoms with Crippen molar-refractivity contribution in [3.63, 3.8) is 0 Å². The van der Waals surface area contributed by atoms with Crippen LogP contribution < -0.4 is 4.74 Å². The van der Waals surface area contributed by atoms with Gasteiger partial charge in [0, 0.05) is 5.56 Å². The molecule has 3 nitrogen and oxygen atoms in total. The van der Waals surface area contributed by atoms with Crippen molar-refractivity contribution in [1.29, 1.82) is 0 Å². The predicted octanol–water partition coefficient (Wildman–Crippen LogP) is 4.97. The van der Waals surface area contributed by atoms with Crippen LogP contribution in [0.2, 0.25) is 0 Å². The molecular weight excluding hydrogens is 336 g/mol. The summed E-state index contributed by atoms with van der Waals surface area (Å²) in [5, 5.41) is 7.48. The van der Waals surface area contributed by atoms with Crippen LogP contribution in [-0.4, -0.2) is 19.0 Å². The van der Waals surface area contributed by atoms with Gasteiger partial charge < -0.3 is 4.74 Å². The monoisotopic (exact) mass is 352 g/mol. The van der Waals surface area contributed by atoms with Gasteiger partial charge in [0.15, 0.2) is 17.4 Å². The number of hydrogen-bond acceptors (Lipinski definition) is 3. The van der Waals surface area contributed by atoms with Crippen LogP contribution in [0.5, 0.6) is 5.75 Å². The summed E-state index contributed by atoms with van der Waals surface area (Å²) in [6.07, 6.45) is 4.66. The molecule has 0 amide bonds. The van der Waals surface area contributed by atoms with Crippen LogP contribution in [0.4, 0.5) is 17.6 Å². The molecular formula is C18H16F4N2O. The maximum absolute atomic E-state index is 13.5. The van der Waals surface area contributed by atoms with Crippen LogP contribution in [0.25, 0.3) is 0 Å². The third-order valence-electron chi connectivity index (χ3n) is 3.23. The highest BCUT2D eigenvalue weighted by atomic mass is 19.3. The van der Waals surface area contributed by atoms with E-state index in [1.54, 1.807) is 0 Å². The van der Waals surface area contributed by atoms with Gasteiger partial charge in [0.25, 0.3) is 0 Å². The van der Waals surface area contributed by atoms with Gasteiger partial charge in [-0.3, -0.25) is 0 Å². The Kier molecular flexibility index (Phi) is 6.68. The zero-order valence-electron chi connectivity index (χ0n) is 13.4. The van der Waals surface area contributed by atoms with Crippen molar-refractivity contribution in [3.8, 4) is 5.75 Å². The van der Waals surface area contributed by atoms with Gasteiger partial charge >= 0.3 is 6.61 Å². The second kappa shape index (κ2) is 8.96. The number of nitrogens with zero attached hydrogens (tertiary/aromatic N) is 2. The Hall–Kier alpha value is -2.70. The average molecular weight is 352 g/mol. The van der Waals surface area contributed by atoms with Crippen molar-refractivity contribution in [2.75, 3.05) is 0 Å². The summed E-state index contributed by atoms with van der Waals surface area (Å²) in [6.45, 7) is -1.21. The molecule has 0 heterocycles. The van der Waals surface area contributed by atoms with Crippen molar-refractivity contribution >= 4 is 12.4 Å². The molecule has 0 fully saturated rings. The lowest BCUT2D eigenvalue weighted by Crippen LogP contribution is -2.06. The van der Waals surface area contributed by atoms with Gasteiger partial charge in [-0.1, -0.05) is 37.6 Å². The third kappa shape index (κ3) is 5.70. The molecule has 0 aromatic heterocycles. The highest BCUT2D eigenvalue weighted by Gasteiger charge is 2.16. The fraction of sp³-hybridized carbons (Fsp3) is 0.222. The van der Waals surface area contributed by atoms with Crippen LogP contribution in [0.15, 0.2) is 46.6 Å². The molecule has 0 atom stereocenters. The Morgan fingerprint density at radius 1 is 0.960 bits per heavy atom. The number of benzene rings is 2. The van der Waals surface area contributed by atoms with Gasteiger partial charge in [-0.15, -0.1) is 0 Å². The van der Waals surface area contributed by atoms with Crippen molar-refractivity contribution in [2.24, 2.45) is 10.2 Å². The van der Waals surface area contributed by atoms with Crippen LogP contribution in [0.1, 0.15) is 30.0 Å². The Labute approximate surface area is 142 Å². The van der Waals surface area contributed by atoms with Gasteiger partial charge in [-0.05, 0) is 29.7 Å². The standard InChI is InChI=1S/C18H16F4N2O/c1-2-3-12-4-6-13(7-5-12)10-23-24-11-14-8-15(19)17(16(20)9-14)25-18(21)22/h4-11,18H,2-3H2,1H3. The molecule has 2 aromatic rings. The number of ether oxygens (including phenoxy) is 1. The molecule has 25 heavy (non-hydrogen) atoms. The van der Waals surface area contributed by atoms with E-state index in [1.807, 2.05) is 24.3 Å². The van der Waals surface area contributed by atoms with Crippen molar-refractivity contribution in [3.05, 3.63) is 64.7 Å². The maximum atomic E-state index is 13.5. The minimum absolute atomic E-state index is 0.0343. The average Bonchev–Trinajstić information content (AvgIpc) is 2.56. The second-order valence-electron chi connectivity index (χ2n) is 5.17. The molecule has 0 aliphatic rings. The van der Waals surface area contributed by atoms with Crippen LogP contribution >= 0.6 is 0 Å². The third-order valence-corrected chi connectivity index (χ3v) is 3.23. The number of hydrogen-bond donors (Lipinski definition) is 0. The van der Waals surface area contributed by atoms with Gasteiger partial charge in [0.05, 0.1) is 12.4 Å². The first-order valence-corrected chi connectivity index (χ1v) is 7.58. The molecule has 2 aromatic carbocycles. The molecule has 0 spiro atoms. The molecule has 0 aliphatic carbocycles. The number of aryl methyl sites for hydroxylation is 1. The molecule has 0 bridgehead atoms. The Morgan fingerprint density at radius 2 is 1.52 bits per heavy atom. The zero-order valence-corrected chi connectivity index (χ0v) is 13.4. The van der Waals surface area contributed by atoms with E-state index in [9.17, 15) is 17.6 Å². The smallest absolute Gasteiger partial charge is 0.387 e. The maximum Gasteiger partial charge on any atom is 0.387 e. The fourth-order valence-electron chi connectivity index (χ4n) is 2.11. The van der Waals surface area contributed by atoms with Gasteiger partial charge in [-0.25, -0.2) is 8.78 Å². The molecule has 0 saturated heterocycles. The summed E-state index contributed by atoms with van der Waals surface area (Å²) in [7, 11) is 0. The molecule has 0 saturated carbocycles. The van der Waals surface area contributed by atoms with E-state index in [0.717, 1.165) is 36.8 Å². The molecule has 7 heteroatoms. The van der Waals surface area contributed by atoms with E-state index in [4.69, 9.17) is 0 Å². The van der Waals surface area contributed by atoms with Crippen LogP contribution in [-0.2, 0) is 6.42 Å². The van der Waals surface area contributed by atoms with E-state index >= 15 is 0 Å². The molecule has 2 rings (SSSR count). The number of alkyl halides is 2. The van der Waals surface area contributed by atoms with Crippen molar-refractivity contribution < 1.29 is 22.3 Å². The van der Waals surface area contributed by atoms with Gasteiger partial charge in [0.2, 0.25) is 0 Å². The lowest BCUT2D eigenvalue weighted by atomic mass is 10.1. The molecule has 132 valence electrons. The quantitative estimate of drug-likeness (QED) is 0.393. The van der Waals surface area contributed by atoms with E-state index in [2.05, 4.69) is 21.9 Å². The van der Waals surface area contributed by atoms with E-state index < -0.39 is 24.0 Å². The number of rotatable bonds is 7. The SMILES string of the molecule is CCCc1ccc(C=NN=Cc2cc(F)c(OC(F)F)c(F)c2)cc1. The van der Waals surface area contributed by atoms with Crippen molar-refractivity contribution in [2.45, 2.75) is 26.4 Å². The minimum atomic E-state index is -3.31. The molecule has 0 radical (unpaired) electrons. The topological polar surface area (TPSA) is 34.0 Å². The largest absolute Gasteiger partial charge is 0.429 e. The summed E-state index contributed by atoms with van der Waals surface area (Å²) in [5.74, 6) is -3.60. The number of halogens is 4. The highest BCUT2D eigenvalue weighted by molar-refractivity contribution is 5.82. The molecule has 0 aliphatic heterocycles. The summed E-state index contributed by atoms with van der Waals surface area (Å²) < 4.78 is 55.0. The minimum Gasteiger partial charge on any atom is -0.429 e. The van der Waals surface area contributed by atoms with E-state index in [1.165, 1.54) is 11.8 Å². The zero-order chi connectivity index (χ0) is 18.2. The van der Waals surface area contributed by atoms with Gasteiger partial charge in [-0.2, -0.15) is 19.0 Å². The first kappa shape index (κ1) is 18.6. The van der Waals surface area contributed by atoms with Gasteiger partial charge in [0.1, 0.15) is 0 Å². The fourth-order valence-corrected chi connectivity index (χ4v) is 2.11. The second-order valence-corrected chi connectivity index (χ2v) is 5.17. The summed E-state index contributed by atoms with van der Waals surface area (Å²) >= 11 is 0.